The molecule has 0 radical (unpaired) electrons. The van der Waals surface area contributed by atoms with Gasteiger partial charge in [-0.3, -0.25) is 9.35 Å². The van der Waals surface area contributed by atoms with Crippen molar-refractivity contribution in [2.75, 3.05) is 4.31 Å². The third-order valence-electron chi connectivity index (χ3n) is 4.72. The third kappa shape index (κ3) is 4.46. The van der Waals surface area contributed by atoms with Crippen LogP contribution in [0.5, 0.6) is 0 Å². The maximum Gasteiger partial charge on any atom is 0.286 e. The molecule has 1 amide bonds. The molecule has 0 spiro atoms. The van der Waals surface area contributed by atoms with E-state index in [0.717, 1.165) is 15.9 Å². The van der Waals surface area contributed by atoms with Crippen LogP contribution in [-0.4, -0.2) is 29.4 Å². The number of aromatic nitrogens is 3. The first-order valence-electron chi connectivity index (χ1n) is 9.12. The second kappa shape index (κ2) is 8.37. The fourth-order valence-corrected chi connectivity index (χ4v) is 3.86. The summed E-state index contributed by atoms with van der Waals surface area (Å²) in [6.07, 6.45) is 0. The predicted molar refractivity (Wildman–Crippen MR) is 118 cm³/mol. The molecule has 0 bridgehead atoms. The zero-order chi connectivity index (χ0) is 23.1. The number of primary amides is 1. The number of hydrogen-bond donors (Lipinski definition) is 2. The van der Waals surface area contributed by atoms with Crippen LogP contribution in [0.15, 0.2) is 36.4 Å². The molecule has 3 aromatic rings. The molecule has 0 aliphatic carbocycles. The van der Waals surface area contributed by atoms with E-state index in [1.54, 1.807) is 12.1 Å². The number of nitrogens with two attached hydrogens (primary N) is 1. The minimum atomic E-state index is -2.57. The Morgan fingerprint density at radius 2 is 1.84 bits per heavy atom. The first kappa shape index (κ1) is 22.9. The lowest BCUT2D eigenvalue weighted by Crippen LogP contribution is -2.21. The highest BCUT2D eigenvalue weighted by Gasteiger charge is 2.26. The van der Waals surface area contributed by atoms with Crippen LogP contribution >= 0.6 is 11.6 Å². The van der Waals surface area contributed by atoms with Crippen LogP contribution in [0, 0.1) is 5.82 Å². The van der Waals surface area contributed by atoms with E-state index in [4.69, 9.17) is 17.3 Å². The summed E-state index contributed by atoms with van der Waals surface area (Å²) >= 11 is 3.41. The van der Waals surface area contributed by atoms with Crippen LogP contribution in [0.4, 0.5) is 15.8 Å². The molecule has 3 N–H and O–H groups in total. The Morgan fingerprint density at radius 1 is 1.23 bits per heavy atom. The predicted octanol–water partition coefficient (Wildman–Crippen LogP) is 3.95. The van der Waals surface area contributed by atoms with Gasteiger partial charge in [-0.1, -0.05) is 44.5 Å². The number of nitrogens with zero attached hydrogens (tertiary/aromatic N) is 4. The van der Waals surface area contributed by atoms with E-state index in [-0.39, 0.29) is 33.3 Å². The Balaban J connectivity index is 2.23. The average Bonchev–Trinajstić information content (AvgIpc) is 3.05. The normalized spacial score (nSPS) is 12.6. The van der Waals surface area contributed by atoms with Gasteiger partial charge in [-0.2, -0.15) is 0 Å². The Kier molecular flexibility index (Phi) is 6.17. The number of carbonyl (C=O) groups is 1. The van der Waals surface area contributed by atoms with Crippen molar-refractivity contribution in [3.05, 3.63) is 58.6 Å². The Morgan fingerprint density at radius 3 is 2.32 bits per heavy atom. The lowest BCUT2D eigenvalue weighted by Gasteiger charge is -2.25. The first-order chi connectivity index (χ1) is 14.4. The van der Waals surface area contributed by atoms with Gasteiger partial charge < -0.3 is 10.3 Å². The first-order valence-corrected chi connectivity index (χ1v) is 10.6. The fraction of sp³-hybridized carbons (Fsp3) is 0.250. The molecule has 2 aromatic carbocycles. The highest BCUT2D eigenvalue weighted by molar-refractivity contribution is 7.81. The summed E-state index contributed by atoms with van der Waals surface area (Å²) in [4.78, 5) is 11.6. The topological polar surface area (TPSA) is 114 Å². The van der Waals surface area contributed by atoms with Crippen molar-refractivity contribution in [3.63, 3.8) is 0 Å². The molecule has 0 saturated carbocycles. The smallest absolute Gasteiger partial charge is 0.286 e. The molecule has 164 valence electrons. The lowest BCUT2D eigenvalue weighted by molar-refractivity contribution is 0.0987. The van der Waals surface area contributed by atoms with E-state index in [9.17, 15) is 17.9 Å². The van der Waals surface area contributed by atoms with Crippen LogP contribution in [0.1, 0.15) is 37.0 Å². The van der Waals surface area contributed by atoms with Gasteiger partial charge in [-0.05, 0) is 29.2 Å². The van der Waals surface area contributed by atoms with Crippen molar-refractivity contribution < 1.29 is 17.9 Å². The summed E-state index contributed by atoms with van der Waals surface area (Å²) in [7, 11) is 1.49. The molecule has 1 unspecified atom stereocenters. The van der Waals surface area contributed by atoms with Crippen molar-refractivity contribution in [1.82, 2.24) is 14.8 Å². The largest absolute Gasteiger partial charge is 0.363 e. The molecule has 11 heteroatoms. The van der Waals surface area contributed by atoms with Crippen molar-refractivity contribution in [2.45, 2.75) is 26.2 Å². The summed E-state index contributed by atoms with van der Waals surface area (Å²) in [5.74, 6) is -1.61. The quantitative estimate of drug-likeness (QED) is 0.554. The second-order valence-electron chi connectivity index (χ2n) is 7.88. The summed E-state index contributed by atoms with van der Waals surface area (Å²) < 4.78 is 39.1. The molecule has 0 aliphatic heterocycles. The molecule has 1 heterocycles. The van der Waals surface area contributed by atoms with E-state index < -0.39 is 23.0 Å². The van der Waals surface area contributed by atoms with Crippen molar-refractivity contribution in [3.8, 4) is 11.4 Å². The zero-order valence-electron chi connectivity index (χ0n) is 17.3. The molecule has 1 aromatic heterocycles. The second-order valence-corrected chi connectivity index (χ2v) is 9.11. The SMILES string of the molecule is Cn1c(C(N)=O)nnc1-c1cc(Cl)c(F)cc1N(c1ccc(C(C)(C)C)cc1)S(=O)O. The van der Waals surface area contributed by atoms with Gasteiger partial charge in [-0.15, -0.1) is 10.2 Å². The van der Waals surface area contributed by atoms with E-state index in [1.165, 1.54) is 17.7 Å². The summed E-state index contributed by atoms with van der Waals surface area (Å²) in [6.45, 7) is 6.13. The molecular weight excluding hydrogens is 445 g/mol. The van der Waals surface area contributed by atoms with Crippen LogP contribution < -0.4 is 10.0 Å². The van der Waals surface area contributed by atoms with Crippen molar-refractivity contribution >= 4 is 40.1 Å². The number of carbonyl (C=O) groups excluding carboxylic acids is 1. The minimum Gasteiger partial charge on any atom is -0.363 e. The number of benzene rings is 2. The summed E-state index contributed by atoms with van der Waals surface area (Å²) in [5, 5.41) is 7.46. The summed E-state index contributed by atoms with van der Waals surface area (Å²) in [5.41, 5.74) is 6.74. The van der Waals surface area contributed by atoms with E-state index in [2.05, 4.69) is 10.2 Å². The standard InChI is InChI=1S/C20H21ClFN5O3S/c1-20(2,3)11-5-7-12(8-6-11)27(31(29)30)16-10-15(22)14(21)9-13(16)18-24-25-19(17(23)28)26(18)4/h5-10H,1-4H3,(H2,23,28)(H,29,30). The highest BCUT2D eigenvalue weighted by Crippen LogP contribution is 2.39. The van der Waals surface area contributed by atoms with E-state index >= 15 is 0 Å². The molecule has 0 fully saturated rings. The van der Waals surface area contributed by atoms with Crippen molar-refractivity contribution in [2.24, 2.45) is 12.8 Å². The minimum absolute atomic E-state index is 0.0118. The zero-order valence-corrected chi connectivity index (χ0v) is 18.8. The van der Waals surface area contributed by atoms with Gasteiger partial charge in [0.05, 0.1) is 16.4 Å². The molecule has 0 aliphatic rings. The Labute approximate surface area is 186 Å². The van der Waals surface area contributed by atoms with Crippen LogP contribution in [-0.2, 0) is 23.7 Å². The summed E-state index contributed by atoms with van der Waals surface area (Å²) in [6, 6.07) is 9.27. The van der Waals surface area contributed by atoms with Gasteiger partial charge >= 0.3 is 0 Å². The van der Waals surface area contributed by atoms with E-state index in [1.807, 2.05) is 32.9 Å². The lowest BCUT2D eigenvalue weighted by atomic mass is 9.87. The molecule has 0 saturated heterocycles. The van der Waals surface area contributed by atoms with Crippen LogP contribution in [0.2, 0.25) is 5.02 Å². The monoisotopic (exact) mass is 465 g/mol. The molecule has 31 heavy (non-hydrogen) atoms. The average molecular weight is 466 g/mol. The van der Waals surface area contributed by atoms with Crippen molar-refractivity contribution in [1.29, 1.82) is 0 Å². The van der Waals surface area contributed by atoms with E-state index in [0.29, 0.717) is 5.69 Å². The van der Waals surface area contributed by atoms with Crippen LogP contribution in [0.3, 0.4) is 0 Å². The number of rotatable bonds is 5. The Bertz CT molecular complexity index is 1170. The molecule has 3 rings (SSSR count). The fourth-order valence-electron chi connectivity index (χ4n) is 3.07. The maximum absolute atomic E-state index is 14.4. The van der Waals surface area contributed by atoms with Gasteiger partial charge in [0, 0.05) is 18.7 Å². The van der Waals surface area contributed by atoms with Gasteiger partial charge in [0.1, 0.15) is 5.82 Å². The highest BCUT2D eigenvalue weighted by atomic mass is 35.5. The number of halogens is 2. The van der Waals surface area contributed by atoms with Gasteiger partial charge in [0.2, 0.25) is 5.82 Å². The number of amides is 1. The Hall–Kier alpha value is -2.82. The van der Waals surface area contributed by atoms with Gasteiger partial charge in [0.25, 0.3) is 17.2 Å². The third-order valence-corrected chi connectivity index (χ3v) is 5.73. The number of hydrogen-bond acceptors (Lipinski definition) is 4. The van der Waals surface area contributed by atoms with Gasteiger partial charge in [-0.25, -0.2) is 12.9 Å². The number of anilines is 2. The molecule has 1 atom stereocenters. The molecule has 8 nitrogen and oxygen atoms in total. The van der Waals surface area contributed by atoms with Gasteiger partial charge in [0.15, 0.2) is 5.82 Å². The molecular formula is C20H21ClFN5O3S. The van der Waals surface area contributed by atoms with Crippen LogP contribution in [0.25, 0.3) is 11.4 Å². The maximum atomic E-state index is 14.4.